The van der Waals surface area contributed by atoms with Crippen molar-refractivity contribution >= 4 is 13.4 Å². The van der Waals surface area contributed by atoms with Gasteiger partial charge in [0, 0.05) is 5.69 Å². The van der Waals surface area contributed by atoms with Crippen LogP contribution in [0.3, 0.4) is 0 Å². The van der Waals surface area contributed by atoms with Crippen LogP contribution < -0.4 is 5.09 Å². The molecule has 1 rings (SSSR count). The lowest BCUT2D eigenvalue weighted by Gasteiger charge is -2.19. The predicted molar refractivity (Wildman–Crippen MR) is 70.4 cm³/mol. The van der Waals surface area contributed by atoms with E-state index in [0.29, 0.717) is 13.2 Å². The largest absolute Gasteiger partial charge is 0.432 e. The maximum Gasteiger partial charge on any atom is 0.432 e. The molecule has 0 spiro atoms. The summed E-state index contributed by atoms with van der Waals surface area (Å²) < 4.78 is 22.6. The number of rotatable bonds is 6. The summed E-state index contributed by atoms with van der Waals surface area (Å²) in [5, 5.41) is 2.84. The van der Waals surface area contributed by atoms with E-state index in [1.807, 2.05) is 32.0 Å². The van der Waals surface area contributed by atoms with E-state index in [2.05, 4.69) is 5.09 Å². The molecule has 0 heterocycles. The standard InChI is InChI=1S/C12H20NO3P/c1-5-15-17(14,16-6-2)13-12-8-7-10(3)11(4)9-12/h7-9H,5-6H2,1-4H3,(H,13,14). The fourth-order valence-corrected chi connectivity index (χ4v) is 2.75. The maximum atomic E-state index is 12.2. The first-order chi connectivity index (χ1) is 8.00. The van der Waals surface area contributed by atoms with Gasteiger partial charge in [0.2, 0.25) is 0 Å². The fourth-order valence-electron chi connectivity index (χ4n) is 1.41. The molecule has 0 unspecified atom stereocenters. The van der Waals surface area contributed by atoms with Crippen molar-refractivity contribution in [1.29, 1.82) is 0 Å². The first-order valence-electron chi connectivity index (χ1n) is 5.75. The Balaban J connectivity index is 2.86. The van der Waals surface area contributed by atoms with Crippen LogP contribution in [0.5, 0.6) is 0 Å². The van der Waals surface area contributed by atoms with Crippen LogP contribution in [0.4, 0.5) is 5.69 Å². The van der Waals surface area contributed by atoms with Crippen molar-refractivity contribution in [2.75, 3.05) is 18.3 Å². The Morgan fingerprint density at radius 1 is 1.12 bits per heavy atom. The van der Waals surface area contributed by atoms with Crippen LogP contribution in [0.15, 0.2) is 18.2 Å². The normalized spacial score (nSPS) is 11.5. The highest BCUT2D eigenvalue weighted by molar-refractivity contribution is 7.55. The van der Waals surface area contributed by atoms with E-state index in [-0.39, 0.29) is 0 Å². The Morgan fingerprint density at radius 3 is 2.18 bits per heavy atom. The molecule has 1 N–H and O–H groups in total. The van der Waals surface area contributed by atoms with Crippen molar-refractivity contribution in [2.45, 2.75) is 27.7 Å². The van der Waals surface area contributed by atoms with E-state index in [1.165, 1.54) is 5.56 Å². The Hall–Kier alpha value is -0.830. The van der Waals surface area contributed by atoms with E-state index in [9.17, 15) is 4.57 Å². The molecule has 1 aromatic carbocycles. The molecule has 0 saturated carbocycles. The zero-order valence-corrected chi connectivity index (χ0v) is 11.7. The first-order valence-corrected chi connectivity index (χ1v) is 7.29. The number of hydrogen-bond acceptors (Lipinski definition) is 3. The third-order valence-corrected chi connectivity index (χ3v) is 4.10. The molecule has 0 radical (unpaired) electrons. The minimum absolute atomic E-state index is 0.342. The maximum absolute atomic E-state index is 12.2. The summed E-state index contributed by atoms with van der Waals surface area (Å²) >= 11 is 0. The second kappa shape index (κ2) is 6.20. The summed E-state index contributed by atoms with van der Waals surface area (Å²) in [5.74, 6) is 0. The van der Waals surface area contributed by atoms with Crippen LogP contribution >= 0.6 is 7.75 Å². The average molecular weight is 257 g/mol. The molecule has 0 aliphatic heterocycles. The van der Waals surface area contributed by atoms with Crippen molar-refractivity contribution in [3.63, 3.8) is 0 Å². The second-order valence-electron chi connectivity index (χ2n) is 3.74. The molecule has 17 heavy (non-hydrogen) atoms. The van der Waals surface area contributed by atoms with Crippen LogP contribution in [0.2, 0.25) is 0 Å². The summed E-state index contributed by atoms with van der Waals surface area (Å²) in [5.41, 5.74) is 3.08. The van der Waals surface area contributed by atoms with E-state index >= 15 is 0 Å². The fraction of sp³-hybridized carbons (Fsp3) is 0.500. The highest BCUT2D eigenvalue weighted by Crippen LogP contribution is 2.47. The third-order valence-electron chi connectivity index (χ3n) is 2.37. The van der Waals surface area contributed by atoms with Crippen molar-refractivity contribution in [1.82, 2.24) is 0 Å². The number of hydrogen-bond donors (Lipinski definition) is 1. The molecule has 0 aliphatic rings. The summed E-state index contributed by atoms with van der Waals surface area (Å²) in [6, 6.07) is 5.77. The van der Waals surface area contributed by atoms with Crippen molar-refractivity contribution in [2.24, 2.45) is 0 Å². The summed E-state index contributed by atoms with van der Waals surface area (Å²) in [4.78, 5) is 0. The Bertz CT molecular complexity index is 410. The van der Waals surface area contributed by atoms with Crippen molar-refractivity contribution in [3.05, 3.63) is 29.3 Å². The van der Waals surface area contributed by atoms with Gasteiger partial charge in [-0.3, -0.25) is 14.1 Å². The van der Waals surface area contributed by atoms with Gasteiger partial charge in [-0.25, -0.2) is 4.57 Å². The van der Waals surface area contributed by atoms with Crippen LogP contribution in [-0.2, 0) is 13.6 Å². The molecule has 0 saturated heterocycles. The Kier molecular flexibility index (Phi) is 5.19. The molecule has 0 fully saturated rings. The summed E-state index contributed by atoms with van der Waals surface area (Å²) in [6.45, 7) is 8.29. The second-order valence-corrected chi connectivity index (χ2v) is 5.48. The van der Waals surface area contributed by atoms with Gasteiger partial charge in [0.1, 0.15) is 0 Å². The lowest BCUT2D eigenvalue weighted by Crippen LogP contribution is -2.05. The van der Waals surface area contributed by atoms with Gasteiger partial charge in [-0.15, -0.1) is 0 Å². The van der Waals surface area contributed by atoms with Gasteiger partial charge in [-0.05, 0) is 51.0 Å². The van der Waals surface area contributed by atoms with E-state index < -0.39 is 7.75 Å². The van der Waals surface area contributed by atoms with Gasteiger partial charge in [-0.2, -0.15) is 0 Å². The minimum atomic E-state index is -3.23. The zero-order chi connectivity index (χ0) is 12.9. The Morgan fingerprint density at radius 2 is 1.71 bits per heavy atom. The van der Waals surface area contributed by atoms with Crippen LogP contribution in [-0.4, -0.2) is 13.2 Å². The highest BCUT2D eigenvalue weighted by atomic mass is 31.2. The molecule has 96 valence electrons. The van der Waals surface area contributed by atoms with Gasteiger partial charge in [0.05, 0.1) is 13.2 Å². The molecule has 0 bridgehead atoms. The van der Waals surface area contributed by atoms with Crippen molar-refractivity contribution < 1.29 is 13.6 Å². The van der Waals surface area contributed by atoms with Gasteiger partial charge in [-0.1, -0.05) is 6.07 Å². The molecule has 0 amide bonds. The first kappa shape index (κ1) is 14.2. The van der Waals surface area contributed by atoms with Crippen LogP contribution in [0, 0.1) is 13.8 Å². The van der Waals surface area contributed by atoms with Crippen LogP contribution in [0.25, 0.3) is 0 Å². The Labute approximate surface area is 103 Å². The van der Waals surface area contributed by atoms with Crippen molar-refractivity contribution in [3.8, 4) is 0 Å². The summed E-state index contributed by atoms with van der Waals surface area (Å²) in [7, 11) is -3.23. The predicted octanol–water partition coefficient (Wildman–Crippen LogP) is 3.90. The molecular formula is C12H20NO3P. The van der Waals surface area contributed by atoms with Gasteiger partial charge >= 0.3 is 7.75 Å². The van der Waals surface area contributed by atoms with E-state index in [4.69, 9.17) is 9.05 Å². The third kappa shape index (κ3) is 4.15. The number of benzene rings is 1. The van der Waals surface area contributed by atoms with Crippen LogP contribution in [0.1, 0.15) is 25.0 Å². The number of anilines is 1. The minimum Gasteiger partial charge on any atom is -0.293 e. The van der Waals surface area contributed by atoms with E-state index in [1.54, 1.807) is 13.8 Å². The molecule has 0 atom stereocenters. The SMILES string of the molecule is CCOP(=O)(Nc1ccc(C)c(C)c1)OCC. The van der Waals surface area contributed by atoms with E-state index in [0.717, 1.165) is 11.3 Å². The molecule has 0 aromatic heterocycles. The molecule has 5 heteroatoms. The lowest BCUT2D eigenvalue weighted by atomic mass is 10.1. The average Bonchev–Trinajstić information content (AvgIpc) is 2.24. The lowest BCUT2D eigenvalue weighted by molar-refractivity contribution is 0.225. The molecule has 4 nitrogen and oxygen atoms in total. The van der Waals surface area contributed by atoms with Gasteiger partial charge in [0.25, 0.3) is 0 Å². The zero-order valence-electron chi connectivity index (χ0n) is 10.8. The molecule has 1 aromatic rings. The number of nitrogens with one attached hydrogen (secondary N) is 1. The molecule has 0 aliphatic carbocycles. The molecular weight excluding hydrogens is 237 g/mol. The number of aryl methyl sites for hydroxylation is 2. The topological polar surface area (TPSA) is 47.6 Å². The highest BCUT2D eigenvalue weighted by Gasteiger charge is 2.23. The van der Waals surface area contributed by atoms with Gasteiger partial charge in [0.15, 0.2) is 0 Å². The smallest absolute Gasteiger partial charge is 0.293 e. The monoisotopic (exact) mass is 257 g/mol. The van der Waals surface area contributed by atoms with Gasteiger partial charge < -0.3 is 0 Å². The quantitative estimate of drug-likeness (QED) is 0.785. The summed E-state index contributed by atoms with van der Waals surface area (Å²) in [6.07, 6.45) is 0.